The summed E-state index contributed by atoms with van der Waals surface area (Å²) in [5, 5.41) is 12.0. The van der Waals surface area contributed by atoms with Gasteiger partial charge in [0.1, 0.15) is 0 Å². The topological polar surface area (TPSA) is 76.2 Å². The first kappa shape index (κ1) is 10.8. The molecule has 1 N–H and O–H groups in total. The minimum absolute atomic E-state index is 0.188. The molecule has 1 heterocycles. The third-order valence-corrected chi connectivity index (χ3v) is 2.66. The average Bonchev–Trinajstić information content (AvgIpc) is 2.70. The Kier molecular flexibility index (Phi) is 2.74. The lowest BCUT2D eigenvalue weighted by Crippen LogP contribution is -1.98. The van der Waals surface area contributed by atoms with Gasteiger partial charge in [-0.3, -0.25) is 0 Å². The maximum atomic E-state index is 10.6. The van der Waals surface area contributed by atoms with Crippen molar-refractivity contribution >= 4 is 21.9 Å². The Labute approximate surface area is 99.2 Å². The molecule has 16 heavy (non-hydrogen) atoms. The van der Waals surface area contributed by atoms with Gasteiger partial charge >= 0.3 is 5.97 Å². The zero-order valence-electron chi connectivity index (χ0n) is 8.27. The van der Waals surface area contributed by atoms with E-state index in [1.54, 1.807) is 0 Å². The molecule has 0 fully saturated rings. The molecule has 0 aliphatic carbocycles. The van der Waals surface area contributed by atoms with E-state index in [1.807, 2.05) is 25.1 Å². The first-order valence-corrected chi connectivity index (χ1v) is 5.21. The summed E-state index contributed by atoms with van der Waals surface area (Å²) in [4.78, 5) is 14.4. The fourth-order valence-corrected chi connectivity index (χ4v) is 1.64. The molecule has 0 aliphatic heterocycles. The van der Waals surface area contributed by atoms with Gasteiger partial charge in [-0.25, -0.2) is 4.79 Å². The molecule has 6 heteroatoms. The van der Waals surface area contributed by atoms with Gasteiger partial charge in [-0.15, -0.1) is 0 Å². The van der Waals surface area contributed by atoms with E-state index in [-0.39, 0.29) is 11.7 Å². The molecule has 0 aliphatic rings. The van der Waals surface area contributed by atoms with Crippen LogP contribution in [-0.4, -0.2) is 21.2 Å². The SMILES string of the molecule is Cc1ccc(Br)c(-c2nc(C(=O)O)no2)c1. The number of benzene rings is 1. The third-order valence-electron chi connectivity index (χ3n) is 1.97. The highest BCUT2D eigenvalue weighted by Crippen LogP contribution is 2.27. The lowest BCUT2D eigenvalue weighted by atomic mass is 10.1. The van der Waals surface area contributed by atoms with Crippen molar-refractivity contribution in [3.8, 4) is 11.5 Å². The smallest absolute Gasteiger partial charge is 0.377 e. The summed E-state index contributed by atoms with van der Waals surface area (Å²) in [6, 6.07) is 5.60. The van der Waals surface area contributed by atoms with Crippen molar-refractivity contribution in [1.82, 2.24) is 10.1 Å². The van der Waals surface area contributed by atoms with E-state index < -0.39 is 5.97 Å². The minimum atomic E-state index is -1.21. The molecular formula is C10H7BrN2O3. The summed E-state index contributed by atoms with van der Waals surface area (Å²) >= 11 is 3.34. The molecule has 0 saturated heterocycles. The van der Waals surface area contributed by atoms with Crippen LogP contribution < -0.4 is 0 Å². The number of carboxylic acids is 1. The van der Waals surface area contributed by atoms with Crippen molar-refractivity contribution in [3.05, 3.63) is 34.1 Å². The lowest BCUT2D eigenvalue weighted by molar-refractivity contribution is 0.0680. The normalized spacial score (nSPS) is 10.4. The summed E-state index contributed by atoms with van der Waals surface area (Å²) in [6.45, 7) is 1.92. The number of aromatic carboxylic acids is 1. The Morgan fingerprint density at radius 1 is 1.50 bits per heavy atom. The zero-order valence-corrected chi connectivity index (χ0v) is 9.85. The molecule has 1 aromatic carbocycles. The zero-order chi connectivity index (χ0) is 11.7. The molecule has 2 aromatic rings. The monoisotopic (exact) mass is 282 g/mol. The number of carbonyl (C=O) groups is 1. The molecule has 2 rings (SSSR count). The maximum absolute atomic E-state index is 10.6. The van der Waals surface area contributed by atoms with Gasteiger partial charge in [0.15, 0.2) is 0 Å². The quantitative estimate of drug-likeness (QED) is 0.916. The Hall–Kier alpha value is -1.69. The molecule has 0 radical (unpaired) electrons. The van der Waals surface area contributed by atoms with Crippen LogP contribution in [-0.2, 0) is 0 Å². The van der Waals surface area contributed by atoms with Crippen LogP contribution in [0.15, 0.2) is 27.2 Å². The first-order valence-electron chi connectivity index (χ1n) is 4.41. The summed E-state index contributed by atoms with van der Waals surface area (Å²) in [6.07, 6.45) is 0. The first-order chi connectivity index (χ1) is 7.58. The fraction of sp³-hybridized carbons (Fsp3) is 0.100. The van der Waals surface area contributed by atoms with E-state index in [9.17, 15) is 4.79 Å². The number of aromatic nitrogens is 2. The largest absolute Gasteiger partial charge is 0.475 e. The van der Waals surface area contributed by atoms with Crippen LogP contribution in [0.5, 0.6) is 0 Å². The predicted molar refractivity (Wildman–Crippen MR) is 59.1 cm³/mol. The summed E-state index contributed by atoms with van der Waals surface area (Å²) < 4.78 is 5.65. The van der Waals surface area contributed by atoms with Crippen LogP contribution >= 0.6 is 15.9 Å². The van der Waals surface area contributed by atoms with Crippen molar-refractivity contribution in [2.75, 3.05) is 0 Å². The van der Waals surface area contributed by atoms with Crippen LogP contribution in [0, 0.1) is 6.92 Å². The molecular weight excluding hydrogens is 276 g/mol. The molecule has 0 saturated carbocycles. The molecule has 5 nitrogen and oxygen atoms in total. The van der Waals surface area contributed by atoms with Crippen LogP contribution in [0.3, 0.4) is 0 Å². The van der Waals surface area contributed by atoms with Crippen molar-refractivity contribution < 1.29 is 14.4 Å². The van der Waals surface area contributed by atoms with Gasteiger partial charge in [0.25, 0.3) is 11.7 Å². The fourth-order valence-electron chi connectivity index (χ4n) is 1.22. The van der Waals surface area contributed by atoms with E-state index in [2.05, 4.69) is 26.1 Å². The summed E-state index contributed by atoms with van der Waals surface area (Å²) in [5.41, 5.74) is 1.70. The second-order valence-electron chi connectivity index (χ2n) is 3.21. The Bertz CT molecular complexity index is 551. The molecule has 0 atom stereocenters. The predicted octanol–water partition coefficient (Wildman–Crippen LogP) is 2.51. The third kappa shape index (κ3) is 1.96. The second-order valence-corrected chi connectivity index (χ2v) is 4.07. The average molecular weight is 283 g/mol. The van der Waals surface area contributed by atoms with Crippen molar-refractivity contribution in [2.45, 2.75) is 6.92 Å². The van der Waals surface area contributed by atoms with Gasteiger partial charge < -0.3 is 9.63 Å². The number of nitrogens with zero attached hydrogens (tertiary/aromatic N) is 2. The highest BCUT2D eigenvalue weighted by molar-refractivity contribution is 9.10. The van der Waals surface area contributed by atoms with Gasteiger partial charge in [-0.2, -0.15) is 4.98 Å². The summed E-state index contributed by atoms with van der Waals surface area (Å²) in [5.74, 6) is -1.37. The number of aryl methyl sites for hydroxylation is 1. The number of carboxylic acid groups (broad SMARTS) is 1. The van der Waals surface area contributed by atoms with Crippen molar-refractivity contribution in [2.24, 2.45) is 0 Å². The van der Waals surface area contributed by atoms with Crippen LogP contribution in [0.1, 0.15) is 16.2 Å². The highest BCUT2D eigenvalue weighted by Gasteiger charge is 2.16. The Balaban J connectivity index is 2.50. The number of hydrogen-bond acceptors (Lipinski definition) is 4. The van der Waals surface area contributed by atoms with Crippen LogP contribution in [0.4, 0.5) is 0 Å². The van der Waals surface area contributed by atoms with E-state index in [0.717, 1.165) is 10.0 Å². The molecule has 0 spiro atoms. The molecule has 1 aromatic heterocycles. The minimum Gasteiger partial charge on any atom is -0.475 e. The van der Waals surface area contributed by atoms with Crippen LogP contribution in [0.2, 0.25) is 0 Å². The maximum Gasteiger partial charge on any atom is 0.377 e. The van der Waals surface area contributed by atoms with E-state index in [0.29, 0.717) is 5.56 Å². The van der Waals surface area contributed by atoms with Gasteiger partial charge in [0.05, 0.1) is 5.56 Å². The lowest BCUT2D eigenvalue weighted by Gasteiger charge is -1.99. The van der Waals surface area contributed by atoms with E-state index in [4.69, 9.17) is 9.63 Å². The number of halogens is 1. The number of hydrogen-bond donors (Lipinski definition) is 1. The number of rotatable bonds is 2. The van der Waals surface area contributed by atoms with Gasteiger partial charge in [-0.05, 0) is 40.1 Å². The van der Waals surface area contributed by atoms with Gasteiger partial charge in [0.2, 0.25) is 0 Å². The Morgan fingerprint density at radius 2 is 2.25 bits per heavy atom. The standard InChI is InChI=1S/C10H7BrN2O3/c1-5-2-3-7(11)6(4-5)9-12-8(10(14)15)13-16-9/h2-4H,1H3,(H,14,15). The summed E-state index contributed by atoms with van der Waals surface area (Å²) in [7, 11) is 0. The van der Waals surface area contributed by atoms with E-state index >= 15 is 0 Å². The van der Waals surface area contributed by atoms with Gasteiger partial charge in [0, 0.05) is 4.47 Å². The molecule has 0 bridgehead atoms. The van der Waals surface area contributed by atoms with Crippen molar-refractivity contribution in [1.29, 1.82) is 0 Å². The Morgan fingerprint density at radius 3 is 2.88 bits per heavy atom. The van der Waals surface area contributed by atoms with Crippen molar-refractivity contribution in [3.63, 3.8) is 0 Å². The molecule has 0 unspecified atom stereocenters. The van der Waals surface area contributed by atoms with Crippen LogP contribution in [0.25, 0.3) is 11.5 Å². The van der Waals surface area contributed by atoms with Gasteiger partial charge in [-0.1, -0.05) is 11.6 Å². The highest BCUT2D eigenvalue weighted by atomic mass is 79.9. The molecule has 0 amide bonds. The van der Waals surface area contributed by atoms with E-state index in [1.165, 1.54) is 0 Å². The second kappa shape index (κ2) is 4.05. The molecule has 82 valence electrons.